The van der Waals surface area contributed by atoms with Crippen molar-refractivity contribution in [3.63, 3.8) is 0 Å². The molecule has 2 fully saturated rings. The maximum absolute atomic E-state index is 12.8. The number of ether oxygens (including phenoxy) is 1. The zero-order chi connectivity index (χ0) is 21.8. The number of morpholine rings is 1. The fourth-order valence-electron chi connectivity index (χ4n) is 3.98. The minimum absolute atomic E-state index is 0.283. The van der Waals surface area contributed by atoms with Crippen LogP contribution in [0.2, 0.25) is 0 Å². The molecule has 0 bridgehead atoms. The van der Waals surface area contributed by atoms with Crippen molar-refractivity contribution in [1.82, 2.24) is 20.2 Å². The summed E-state index contributed by atoms with van der Waals surface area (Å²) in [7, 11) is 0. The lowest BCUT2D eigenvalue weighted by molar-refractivity contribution is 0.102. The number of carbonyl (C=O) groups excluding carboxylic acids is 1. The Hall–Kier alpha value is -3.59. The molecular weight excluding hydrogens is 406 g/mol. The van der Waals surface area contributed by atoms with E-state index in [1.54, 1.807) is 6.07 Å². The van der Waals surface area contributed by atoms with E-state index in [4.69, 9.17) is 4.74 Å². The predicted octanol–water partition coefficient (Wildman–Crippen LogP) is 2.62. The van der Waals surface area contributed by atoms with Crippen molar-refractivity contribution in [3.05, 3.63) is 54.5 Å². The maximum Gasteiger partial charge on any atom is 0.274 e. The normalized spacial score (nSPS) is 16.2. The van der Waals surface area contributed by atoms with E-state index < -0.39 is 0 Å². The van der Waals surface area contributed by atoms with E-state index in [0.29, 0.717) is 24.6 Å². The zero-order valence-electron chi connectivity index (χ0n) is 17.8. The fourth-order valence-corrected chi connectivity index (χ4v) is 3.98. The van der Waals surface area contributed by atoms with Gasteiger partial charge in [0.05, 0.1) is 18.9 Å². The molecule has 164 valence electrons. The lowest BCUT2D eigenvalue weighted by atomic mass is 10.1. The first-order valence-electron chi connectivity index (χ1n) is 10.9. The van der Waals surface area contributed by atoms with E-state index in [2.05, 4.69) is 35.3 Å². The molecule has 9 nitrogen and oxygen atoms in total. The molecule has 0 unspecified atom stereocenters. The molecule has 2 aliphatic rings. The van der Waals surface area contributed by atoms with Crippen LogP contribution in [-0.2, 0) is 4.74 Å². The van der Waals surface area contributed by atoms with Crippen molar-refractivity contribution in [3.8, 4) is 11.3 Å². The Kier molecular flexibility index (Phi) is 5.89. The fraction of sp³-hybridized carbons (Fsp3) is 0.348. The Morgan fingerprint density at radius 1 is 0.875 bits per heavy atom. The van der Waals surface area contributed by atoms with E-state index >= 15 is 0 Å². The van der Waals surface area contributed by atoms with Crippen molar-refractivity contribution in [2.75, 3.05) is 54.5 Å². The van der Waals surface area contributed by atoms with Crippen LogP contribution < -0.4 is 15.1 Å². The molecule has 0 radical (unpaired) electrons. The van der Waals surface area contributed by atoms with Gasteiger partial charge in [0, 0.05) is 43.5 Å². The lowest BCUT2D eigenvalue weighted by Gasteiger charge is -2.27. The average molecular weight is 432 g/mol. The van der Waals surface area contributed by atoms with E-state index in [0.717, 1.165) is 49.1 Å². The second-order valence-electron chi connectivity index (χ2n) is 7.87. The summed E-state index contributed by atoms with van der Waals surface area (Å²) in [6.07, 6.45) is 3.82. The number of hydrogen-bond donors (Lipinski definition) is 1. The second-order valence-corrected chi connectivity index (χ2v) is 7.87. The quantitative estimate of drug-likeness (QED) is 0.659. The first-order chi connectivity index (χ1) is 15.8. The monoisotopic (exact) mass is 431 g/mol. The van der Waals surface area contributed by atoms with Gasteiger partial charge in [-0.25, -0.2) is 9.97 Å². The summed E-state index contributed by atoms with van der Waals surface area (Å²) in [4.78, 5) is 25.6. The minimum atomic E-state index is -0.283. The molecule has 4 heterocycles. The van der Waals surface area contributed by atoms with Crippen molar-refractivity contribution in [2.45, 2.75) is 12.8 Å². The van der Waals surface area contributed by atoms with E-state index in [9.17, 15) is 4.79 Å². The number of amides is 1. The minimum Gasteiger partial charge on any atom is -0.378 e. The third-order valence-electron chi connectivity index (χ3n) is 5.72. The molecule has 3 aromatic rings. The van der Waals surface area contributed by atoms with Gasteiger partial charge in [-0.05, 0) is 37.1 Å². The van der Waals surface area contributed by atoms with Gasteiger partial charge in [0.1, 0.15) is 17.8 Å². The number of anilines is 3. The van der Waals surface area contributed by atoms with Crippen LogP contribution in [0.1, 0.15) is 23.3 Å². The first kappa shape index (κ1) is 20.3. The number of nitrogens with one attached hydrogen (secondary N) is 1. The Labute approximate surface area is 186 Å². The summed E-state index contributed by atoms with van der Waals surface area (Å²) >= 11 is 0. The number of rotatable bonds is 5. The van der Waals surface area contributed by atoms with Crippen molar-refractivity contribution >= 4 is 23.2 Å². The molecule has 2 saturated heterocycles. The molecule has 0 saturated carbocycles. The van der Waals surface area contributed by atoms with Gasteiger partial charge in [-0.15, -0.1) is 10.2 Å². The van der Waals surface area contributed by atoms with Gasteiger partial charge >= 0.3 is 0 Å². The number of benzene rings is 1. The molecular formula is C23H25N7O2. The molecule has 0 spiro atoms. The highest BCUT2D eigenvalue weighted by atomic mass is 16.5. The van der Waals surface area contributed by atoms with Gasteiger partial charge in [-0.3, -0.25) is 4.79 Å². The molecule has 0 atom stereocenters. The summed E-state index contributed by atoms with van der Waals surface area (Å²) in [5.74, 6) is 1.36. The van der Waals surface area contributed by atoms with Crippen LogP contribution in [0, 0.1) is 0 Å². The Balaban J connectivity index is 1.29. The van der Waals surface area contributed by atoms with Crippen molar-refractivity contribution in [2.24, 2.45) is 0 Å². The highest BCUT2D eigenvalue weighted by Crippen LogP contribution is 2.23. The SMILES string of the molecule is O=C(Nc1cccc(-c2ccc(N3CCCC3)nn2)c1)c1cc(N2CCOCC2)ncn1. The summed E-state index contributed by atoms with van der Waals surface area (Å²) < 4.78 is 5.38. The molecule has 1 aromatic carbocycles. The summed E-state index contributed by atoms with van der Waals surface area (Å²) in [6.45, 7) is 4.87. The Morgan fingerprint density at radius 3 is 2.47 bits per heavy atom. The number of carbonyl (C=O) groups is 1. The third-order valence-corrected chi connectivity index (χ3v) is 5.72. The maximum atomic E-state index is 12.8. The summed E-state index contributed by atoms with van der Waals surface area (Å²) in [5.41, 5.74) is 2.65. The lowest BCUT2D eigenvalue weighted by Crippen LogP contribution is -2.37. The van der Waals surface area contributed by atoms with Crippen LogP contribution in [0.15, 0.2) is 48.8 Å². The van der Waals surface area contributed by atoms with Gasteiger partial charge in [0.25, 0.3) is 5.91 Å². The van der Waals surface area contributed by atoms with Crippen LogP contribution in [0.25, 0.3) is 11.3 Å². The van der Waals surface area contributed by atoms with Crippen LogP contribution in [0.3, 0.4) is 0 Å². The molecule has 1 N–H and O–H groups in total. The molecule has 0 aliphatic carbocycles. The smallest absolute Gasteiger partial charge is 0.274 e. The van der Waals surface area contributed by atoms with Gasteiger partial charge in [0.15, 0.2) is 5.82 Å². The van der Waals surface area contributed by atoms with Gasteiger partial charge in [-0.2, -0.15) is 0 Å². The zero-order valence-corrected chi connectivity index (χ0v) is 17.8. The van der Waals surface area contributed by atoms with Gasteiger partial charge in [-0.1, -0.05) is 12.1 Å². The molecule has 2 aliphatic heterocycles. The molecule has 32 heavy (non-hydrogen) atoms. The van der Waals surface area contributed by atoms with Crippen LogP contribution in [-0.4, -0.2) is 65.5 Å². The van der Waals surface area contributed by atoms with Gasteiger partial charge < -0.3 is 19.9 Å². The van der Waals surface area contributed by atoms with E-state index in [-0.39, 0.29) is 5.91 Å². The Bertz CT molecular complexity index is 1080. The average Bonchev–Trinajstić information content (AvgIpc) is 3.40. The molecule has 2 aromatic heterocycles. The second kappa shape index (κ2) is 9.27. The highest BCUT2D eigenvalue weighted by molar-refractivity contribution is 6.03. The topological polar surface area (TPSA) is 96.4 Å². The van der Waals surface area contributed by atoms with E-state index in [1.807, 2.05) is 36.4 Å². The van der Waals surface area contributed by atoms with Crippen LogP contribution in [0.5, 0.6) is 0 Å². The van der Waals surface area contributed by atoms with Crippen LogP contribution >= 0.6 is 0 Å². The third kappa shape index (κ3) is 4.52. The van der Waals surface area contributed by atoms with Crippen LogP contribution in [0.4, 0.5) is 17.3 Å². The number of aromatic nitrogens is 4. The number of nitrogens with zero attached hydrogens (tertiary/aromatic N) is 6. The Morgan fingerprint density at radius 2 is 1.69 bits per heavy atom. The predicted molar refractivity (Wildman–Crippen MR) is 122 cm³/mol. The molecule has 1 amide bonds. The first-order valence-corrected chi connectivity index (χ1v) is 10.9. The summed E-state index contributed by atoms with van der Waals surface area (Å²) in [6, 6.07) is 13.3. The summed E-state index contributed by atoms with van der Waals surface area (Å²) in [5, 5.41) is 11.7. The molecule has 9 heteroatoms. The standard InChI is InChI=1S/C23H25N7O2/c31-23(20-15-22(25-16-24-20)30-10-12-32-13-11-30)26-18-5-3-4-17(14-18)19-6-7-21(28-27-19)29-8-1-2-9-29/h3-7,14-16H,1-2,8-13H2,(H,26,31). The number of hydrogen-bond acceptors (Lipinski definition) is 8. The molecule has 5 rings (SSSR count). The van der Waals surface area contributed by atoms with E-state index in [1.165, 1.54) is 19.2 Å². The van der Waals surface area contributed by atoms with Gasteiger partial charge in [0.2, 0.25) is 0 Å². The largest absolute Gasteiger partial charge is 0.378 e. The van der Waals surface area contributed by atoms with Crippen molar-refractivity contribution in [1.29, 1.82) is 0 Å². The van der Waals surface area contributed by atoms with Crippen molar-refractivity contribution < 1.29 is 9.53 Å². The highest BCUT2D eigenvalue weighted by Gasteiger charge is 2.17.